The van der Waals surface area contributed by atoms with Gasteiger partial charge in [-0.15, -0.1) is 0 Å². The van der Waals surface area contributed by atoms with Crippen LogP contribution in [0.15, 0.2) is 48.5 Å². The van der Waals surface area contributed by atoms with E-state index in [4.69, 9.17) is 16.3 Å². The molecule has 0 aromatic heterocycles. The van der Waals surface area contributed by atoms with E-state index in [1.807, 2.05) is 37.3 Å². The fourth-order valence-electron chi connectivity index (χ4n) is 2.28. The van der Waals surface area contributed by atoms with Crippen LogP contribution in [0.3, 0.4) is 0 Å². The van der Waals surface area contributed by atoms with E-state index in [1.165, 1.54) is 11.6 Å². The lowest BCUT2D eigenvalue weighted by Gasteiger charge is -2.14. The van der Waals surface area contributed by atoms with E-state index in [9.17, 15) is 14.0 Å². The highest BCUT2D eigenvalue weighted by atomic mass is 35.5. The van der Waals surface area contributed by atoms with Gasteiger partial charge in [-0.05, 0) is 43.5 Å². The molecule has 0 radical (unpaired) electrons. The molecule has 0 aliphatic rings. The number of hydrogen-bond donors (Lipinski definition) is 1. The lowest BCUT2D eigenvalue weighted by molar-refractivity contribution is -0.124. The SMILES string of the molecule is C[C@H](CCc1ccccc1)NC(=O)COC(=O)c1cc(F)ccc1Cl. The molecule has 0 heterocycles. The van der Waals surface area contributed by atoms with Crippen LogP contribution in [0.2, 0.25) is 5.02 Å². The van der Waals surface area contributed by atoms with Gasteiger partial charge in [0.05, 0.1) is 10.6 Å². The third kappa shape index (κ3) is 6.19. The van der Waals surface area contributed by atoms with Crippen molar-refractivity contribution in [2.24, 2.45) is 0 Å². The third-order valence-electron chi connectivity index (χ3n) is 3.60. The van der Waals surface area contributed by atoms with Gasteiger partial charge in [0.25, 0.3) is 5.91 Å². The summed E-state index contributed by atoms with van der Waals surface area (Å²) in [6.07, 6.45) is 1.60. The Hall–Kier alpha value is -2.40. The quantitative estimate of drug-likeness (QED) is 0.762. The number of hydrogen-bond acceptors (Lipinski definition) is 3. The molecule has 6 heteroatoms. The molecule has 2 rings (SSSR count). The maximum atomic E-state index is 13.2. The van der Waals surface area contributed by atoms with Crippen LogP contribution < -0.4 is 5.32 Å². The molecule has 0 aliphatic heterocycles. The molecule has 0 aliphatic carbocycles. The van der Waals surface area contributed by atoms with Crippen LogP contribution in [0.5, 0.6) is 0 Å². The Balaban J connectivity index is 1.76. The standard InChI is InChI=1S/C19H19ClFNO3/c1-13(7-8-14-5-3-2-4-6-14)22-18(23)12-25-19(24)16-11-15(21)9-10-17(16)20/h2-6,9-11,13H,7-8,12H2,1H3,(H,22,23)/t13-/m1/s1. The average Bonchev–Trinajstić information content (AvgIpc) is 2.61. The Bertz CT molecular complexity index is 737. The van der Waals surface area contributed by atoms with Gasteiger partial charge in [-0.1, -0.05) is 41.9 Å². The minimum atomic E-state index is -0.836. The summed E-state index contributed by atoms with van der Waals surface area (Å²) >= 11 is 5.82. The highest BCUT2D eigenvalue weighted by Gasteiger charge is 2.15. The molecule has 0 unspecified atom stereocenters. The zero-order valence-electron chi connectivity index (χ0n) is 13.8. The lowest BCUT2D eigenvalue weighted by Crippen LogP contribution is -2.36. The smallest absolute Gasteiger partial charge is 0.340 e. The molecule has 4 nitrogen and oxygen atoms in total. The monoisotopic (exact) mass is 363 g/mol. The average molecular weight is 364 g/mol. The second kappa shape index (κ2) is 9.18. The van der Waals surface area contributed by atoms with E-state index < -0.39 is 24.3 Å². The van der Waals surface area contributed by atoms with Gasteiger partial charge in [0.15, 0.2) is 6.61 Å². The van der Waals surface area contributed by atoms with Crippen LogP contribution in [0, 0.1) is 5.82 Å². The normalized spacial score (nSPS) is 11.6. The van der Waals surface area contributed by atoms with Gasteiger partial charge in [-0.2, -0.15) is 0 Å². The van der Waals surface area contributed by atoms with Gasteiger partial charge in [0.1, 0.15) is 5.82 Å². The number of aryl methyl sites for hydroxylation is 1. The molecular weight excluding hydrogens is 345 g/mol. The van der Waals surface area contributed by atoms with Crippen molar-refractivity contribution in [1.82, 2.24) is 5.32 Å². The Morgan fingerprint density at radius 1 is 1.20 bits per heavy atom. The molecule has 1 atom stereocenters. The second-order valence-corrected chi connectivity index (χ2v) is 6.10. The molecule has 0 bridgehead atoms. The Morgan fingerprint density at radius 3 is 2.64 bits per heavy atom. The van der Waals surface area contributed by atoms with E-state index in [0.29, 0.717) is 0 Å². The molecule has 1 N–H and O–H groups in total. The topological polar surface area (TPSA) is 55.4 Å². The van der Waals surface area contributed by atoms with Gasteiger partial charge >= 0.3 is 5.97 Å². The first-order chi connectivity index (χ1) is 12.0. The minimum absolute atomic E-state index is 0.0656. The molecule has 2 aromatic carbocycles. The van der Waals surface area contributed by atoms with Crippen LogP contribution >= 0.6 is 11.6 Å². The predicted octanol–water partition coefficient (Wildman–Crippen LogP) is 3.77. The fraction of sp³-hybridized carbons (Fsp3) is 0.263. The van der Waals surface area contributed by atoms with Crippen molar-refractivity contribution in [3.05, 3.63) is 70.5 Å². The molecule has 25 heavy (non-hydrogen) atoms. The predicted molar refractivity (Wildman–Crippen MR) is 94.1 cm³/mol. The van der Waals surface area contributed by atoms with Crippen LogP contribution in [0.1, 0.15) is 29.3 Å². The number of halogens is 2. The number of carbonyl (C=O) groups is 2. The molecule has 132 valence electrons. The van der Waals surface area contributed by atoms with Crippen molar-refractivity contribution in [2.45, 2.75) is 25.8 Å². The van der Waals surface area contributed by atoms with Gasteiger partial charge in [0.2, 0.25) is 0 Å². The summed E-state index contributed by atoms with van der Waals surface area (Å²) in [5.74, 6) is -1.85. The summed E-state index contributed by atoms with van der Waals surface area (Å²) in [4.78, 5) is 23.7. The van der Waals surface area contributed by atoms with Crippen molar-refractivity contribution < 1.29 is 18.7 Å². The zero-order chi connectivity index (χ0) is 18.2. The van der Waals surface area contributed by atoms with Crippen LogP contribution in [0.4, 0.5) is 4.39 Å². The molecule has 2 aromatic rings. The maximum Gasteiger partial charge on any atom is 0.340 e. The highest BCUT2D eigenvalue weighted by Crippen LogP contribution is 2.17. The summed E-state index contributed by atoms with van der Waals surface area (Å²) in [6, 6.07) is 13.3. The van der Waals surface area contributed by atoms with Crippen molar-refractivity contribution >= 4 is 23.5 Å². The Kier molecular flexibility index (Phi) is 6.95. The summed E-state index contributed by atoms with van der Waals surface area (Å²) in [5.41, 5.74) is 1.09. The molecule has 0 spiro atoms. The summed E-state index contributed by atoms with van der Waals surface area (Å²) < 4.78 is 18.0. The second-order valence-electron chi connectivity index (χ2n) is 5.69. The van der Waals surface area contributed by atoms with Crippen molar-refractivity contribution in [2.75, 3.05) is 6.61 Å². The first-order valence-corrected chi connectivity index (χ1v) is 8.29. The number of carbonyl (C=O) groups excluding carboxylic acids is 2. The van der Waals surface area contributed by atoms with E-state index in [2.05, 4.69) is 5.32 Å². The molecule has 0 saturated heterocycles. The van der Waals surface area contributed by atoms with Crippen molar-refractivity contribution in [3.8, 4) is 0 Å². The van der Waals surface area contributed by atoms with Crippen molar-refractivity contribution in [3.63, 3.8) is 0 Å². The molecule has 0 fully saturated rings. The molecule has 1 amide bonds. The lowest BCUT2D eigenvalue weighted by atomic mass is 10.1. The van der Waals surface area contributed by atoms with Gasteiger partial charge in [-0.3, -0.25) is 4.79 Å². The maximum absolute atomic E-state index is 13.2. The Morgan fingerprint density at radius 2 is 1.92 bits per heavy atom. The van der Waals surface area contributed by atoms with E-state index >= 15 is 0 Å². The number of amides is 1. The van der Waals surface area contributed by atoms with Crippen LogP contribution in [-0.2, 0) is 16.0 Å². The number of ether oxygens (including phenoxy) is 1. The number of nitrogens with one attached hydrogen (secondary N) is 1. The number of esters is 1. The van der Waals surface area contributed by atoms with E-state index in [0.717, 1.165) is 25.0 Å². The zero-order valence-corrected chi connectivity index (χ0v) is 14.6. The largest absolute Gasteiger partial charge is 0.452 e. The first kappa shape index (κ1) is 18.9. The third-order valence-corrected chi connectivity index (χ3v) is 3.93. The van der Waals surface area contributed by atoms with Gasteiger partial charge < -0.3 is 10.1 Å². The van der Waals surface area contributed by atoms with Gasteiger partial charge in [-0.25, -0.2) is 9.18 Å². The van der Waals surface area contributed by atoms with Crippen LogP contribution in [-0.4, -0.2) is 24.5 Å². The summed E-state index contributed by atoms with van der Waals surface area (Å²) in [7, 11) is 0. The number of benzene rings is 2. The Labute approximate surface area is 150 Å². The molecular formula is C19H19ClFNO3. The van der Waals surface area contributed by atoms with Crippen LogP contribution in [0.25, 0.3) is 0 Å². The first-order valence-electron chi connectivity index (χ1n) is 7.91. The highest BCUT2D eigenvalue weighted by molar-refractivity contribution is 6.33. The van der Waals surface area contributed by atoms with Crippen molar-refractivity contribution in [1.29, 1.82) is 0 Å². The molecule has 0 saturated carbocycles. The van der Waals surface area contributed by atoms with E-state index in [1.54, 1.807) is 0 Å². The summed E-state index contributed by atoms with van der Waals surface area (Å²) in [6.45, 7) is 1.44. The van der Waals surface area contributed by atoms with Gasteiger partial charge in [0, 0.05) is 6.04 Å². The number of rotatable bonds is 7. The minimum Gasteiger partial charge on any atom is -0.452 e. The summed E-state index contributed by atoms with van der Waals surface area (Å²) in [5, 5.41) is 2.83. The van der Waals surface area contributed by atoms with E-state index in [-0.39, 0.29) is 16.6 Å². The fourth-order valence-corrected chi connectivity index (χ4v) is 2.47.